The zero-order valence-corrected chi connectivity index (χ0v) is 37.8. The first-order chi connectivity index (χ1) is 30.0. The van der Waals surface area contributed by atoms with Gasteiger partial charge in [-0.1, -0.05) is 38.8 Å². The summed E-state index contributed by atoms with van der Waals surface area (Å²) in [5.41, 5.74) is 1.31. The number of thiazole rings is 1. The van der Waals surface area contributed by atoms with E-state index in [-0.39, 0.29) is 51.1 Å². The minimum Gasteiger partial charge on any atom is -0.496 e. The van der Waals surface area contributed by atoms with Crippen LogP contribution in [-0.4, -0.2) is 107 Å². The monoisotopic (exact) mass is 910 g/mol. The summed E-state index contributed by atoms with van der Waals surface area (Å²) in [6, 6.07) is 4.27. The maximum atomic E-state index is 14.9. The Kier molecular flexibility index (Phi) is 12.6. The highest BCUT2D eigenvalue weighted by molar-refractivity contribution is 7.91. The number of nitrogens with zero attached hydrogens (tertiary/aromatic N) is 4. The number of aromatic nitrogens is 2. The van der Waals surface area contributed by atoms with Crippen LogP contribution in [0.2, 0.25) is 0 Å². The van der Waals surface area contributed by atoms with Crippen molar-refractivity contribution in [3.63, 3.8) is 0 Å². The van der Waals surface area contributed by atoms with Crippen molar-refractivity contribution in [3.05, 3.63) is 47.0 Å². The summed E-state index contributed by atoms with van der Waals surface area (Å²) < 4.78 is 69.6. The number of carbonyl (C=O) groups excluding carboxylic acids is 4. The molecule has 0 spiro atoms. The molecular weight excluding hydrogens is 855 g/mol. The van der Waals surface area contributed by atoms with Gasteiger partial charge >= 0.3 is 0 Å². The van der Waals surface area contributed by atoms with E-state index in [9.17, 15) is 36.4 Å². The standard InChI is InChI=1S/C45H56F2N6O8S2/c1-26(2)34-24-62-41(49-34)33-21-37(32-15-16-36(60-4)27(3)39(32)48-33)61-30-20-35-40(55)50-45(43(57)51-63(58,59)31-13-14-31)22-29(45)12-9-7-5-6-8-11-28(42(56)53(35)23-30)19-38(54)52-18-10-17-44(46,47)25-52/h9,12,15-16,21,24,26,28-31,35H,5-8,10-11,13-14,17-20,22-23,25H2,1-4H3,(H,50,55)(H,51,57)/b12-9-/t28-,29?,30-,35+,45-/m1/s1. The molecule has 3 aromatic rings. The lowest BCUT2D eigenvalue weighted by Gasteiger charge is -2.34. The van der Waals surface area contributed by atoms with Gasteiger partial charge in [0.05, 0.1) is 36.7 Å². The van der Waals surface area contributed by atoms with Crippen LogP contribution in [0.4, 0.5) is 8.78 Å². The number of nitrogens with one attached hydrogen (secondary N) is 2. The van der Waals surface area contributed by atoms with Crippen LogP contribution in [0.3, 0.4) is 0 Å². The molecule has 2 saturated carbocycles. The highest BCUT2D eigenvalue weighted by atomic mass is 32.2. The van der Waals surface area contributed by atoms with Crippen LogP contribution < -0.4 is 19.5 Å². The van der Waals surface area contributed by atoms with Gasteiger partial charge in [0.1, 0.15) is 39.9 Å². The van der Waals surface area contributed by atoms with Gasteiger partial charge < -0.3 is 24.6 Å². The number of alkyl halides is 2. The highest BCUT2D eigenvalue weighted by Crippen LogP contribution is 2.46. The van der Waals surface area contributed by atoms with Gasteiger partial charge in [0.15, 0.2) is 0 Å². The van der Waals surface area contributed by atoms with Gasteiger partial charge in [-0.3, -0.25) is 23.9 Å². The molecule has 14 nitrogen and oxygen atoms in total. The van der Waals surface area contributed by atoms with E-state index < -0.39 is 80.9 Å². The van der Waals surface area contributed by atoms with Crippen molar-refractivity contribution >= 4 is 55.9 Å². The molecule has 1 aromatic carbocycles. The zero-order chi connectivity index (χ0) is 44.8. The van der Waals surface area contributed by atoms with Gasteiger partial charge in [-0.05, 0) is 69.9 Å². The molecule has 1 unspecified atom stereocenters. The lowest BCUT2D eigenvalue weighted by molar-refractivity contribution is -0.148. The number of allylic oxidation sites excluding steroid dienone is 1. The second-order valence-corrected chi connectivity index (χ2v) is 21.0. The molecule has 340 valence electrons. The molecule has 2 aliphatic carbocycles. The molecule has 8 rings (SSSR count). The van der Waals surface area contributed by atoms with E-state index in [4.69, 9.17) is 19.4 Å². The van der Waals surface area contributed by atoms with Crippen molar-refractivity contribution < 1.29 is 45.9 Å². The third-order valence-electron chi connectivity index (χ3n) is 13.1. The molecular formula is C45H56F2N6O8S2. The summed E-state index contributed by atoms with van der Waals surface area (Å²) in [7, 11) is -2.37. The Morgan fingerprint density at radius 1 is 1.08 bits per heavy atom. The number of sulfonamides is 1. The zero-order valence-electron chi connectivity index (χ0n) is 36.2. The van der Waals surface area contributed by atoms with Gasteiger partial charge in [0.2, 0.25) is 27.7 Å². The first-order valence-corrected chi connectivity index (χ1v) is 24.5. The Hall–Kier alpha value is -4.71. The number of aryl methyl sites for hydroxylation is 1. The van der Waals surface area contributed by atoms with Crippen LogP contribution in [0.25, 0.3) is 21.6 Å². The van der Waals surface area contributed by atoms with E-state index >= 15 is 0 Å². The number of ether oxygens (including phenoxy) is 2. The predicted molar refractivity (Wildman–Crippen MR) is 233 cm³/mol. The minimum atomic E-state index is -3.95. The predicted octanol–water partition coefficient (Wildman–Crippen LogP) is 6.41. The summed E-state index contributed by atoms with van der Waals surface area (Å²) in [5.74, 6) is -5.67. The average molecular weight is 911 g/mol. The van der Waals surface area contributed by atoms with E-state index in [0.717, 1.165) is 22.6 Å². The van der Waals surface area contributed by atoms with E-state index in [0.29, 0.717) is 71.6 Å². The molecule has 0 bridgehead atoms. The van der Waals surface area contributed by atoms with Crippen LogP contribution in [0, 0.1) is 18.8 Å². The number of halogens is 2. The number of pyridine rings is 1. The highest BCUT2D eigenvalue weighted by Gasteiger charge is 2.62. The van der Waals surface area contributed by atoms with Crippen molar-refractivity contribution in [1.82, 2.24) is 29.8 Å². The Balaban J connectivity index is 1.14. The Morgan fingerprint density at radius 3 is 2.59 bits per heavy atom. The van der Waals surface area contributed by atoms with Crippen molar-refractivity contribution in [2.24, 2.45) is 11.8 Å². The number of piperidine rings is 1. The molecule has 4 fully saturated rings. The number of likely N-dealkylation sites (tertiary alicyclic amines) is 1. The molecule has 2 saturated heterocycles. The Labute approximate surface area is 370 Å². The van der Waals surface area contributed by atoms with Gasteiger partial charge in [-0.2, -0.15) is 0 Å². The van der Waals surface area contributed by atoms with Crippen molar-refractivity contribution in [1.29, 1.82) is 0 Å². The van der Waals surface area contributed by atoms with E-state index in [2.05, 4.69) is 23.9 Å². The normalized spacial score (nSPS) is 27.2. The minimum absolute atomic E-state index is 0.00178. The van der Waals surface area contributed by atoms with Gasteiger partial charge in [0, 0.05) is 60.0 Å². The summed E-state index contributed by atoms with van der Waals surface area (Å²) in [5, 5.41) is 5.57. The lowest BCUT2D eigenvalue weighted by atomic mass is 9.94. The molecule has 0 radical (unpaired) electrons. The number of carbonyl (C=O) groups is 4. The first kappa shape index (κ1) is 44.9. The second kappa shape index (κ2) is 17.7. The SMILES string of the molecule is COc1ccc2c(O[C@@H]3C[C@H]4C(=O)N[C@]5(C(=O)NS(=O)(=O)C6CC6)CC5/C=C\CCCCC[C@H](CC(=O)N5CCCC(F)(F)C5)C(=O)N4C3)cc(-c3nc(C(C)C)cs3)nc2c1C. The molecule has 63 heavy (non-hydrogen) atoms. The van der Waals surface area contributed by atoms with E-state index in [1.807, 2.05) is 36.6 Å². The van der Waals surface area contributed by atoms with Gasteiger partial charge in [-0.15, -0.1) is 11.3 Å². The summed E-state index contributed by atoms with van der Waals surface area (Å²) >= 11 is 1.46. The summed E-state index contributed by atoms with van der Waals surface area (Å²) in [6.07, 6.45) is 6.59. The van der Waals surface area contributed by atoms with Crippen molar-refractivity contribution in [2.45, 2.75) is 133 Å². The third kappa shape index (κ3) is 9.57. The van der Waals surface area contributed by atoms with Crippen LogP contribution >= 0.6 is 11.3 Å². The van der Waals surface area contributed by atoms with Crippen molar-refractivity contribution in [3.8, 4) is 22.2 Å². The molecule has 18 heteroatoms. The largest absolute Gasteiger partial charge is 0.496 e. The van der Waals surface area contributed by atoms with Crippen LogP contribution in [-0.2, 0) is 29.2 Å². The molecule has 5 heterocycles. The fraction of sp³-hybridized carbons (Fsp3) is 0.600. The molecule has 3 aliphatic heterocycles. The quantitative estimate of drug-likeness (QED) is 0.216. The number of benzene rings is 1. The molecule has 5 atom stereocenters. The number of amides is 4. The number of methoxy groups -OCH3 is 1. The first-order valence-electron chi connectivity index (χ1n) is 22.1. The smallest absolute Gasteiger partial charge is 0.265 e. The van der Waals surface area contributed by atoms with Crippen molar-refractivity contribution in [2.75, 3.05) is 26.7 Å². The number of hydrogen-bond donors (Lipinski definition) is 2. The third-order valence-corrected chi connectivity index (χ3v) is 15.8. The van der Waals surface area contributed by atoms with E-state index in [1.165, 1.54) is 16.2 Å². The molecule has 5 aliphatic rings. The fourth-order valence-electron chi connectivity index (χ4n) is 9.15. The maximum Gasteiger partial charge on any atom is 0.265 e. The second-order valence-electron chi connectivity index (χ2n) is 18.2. The molecule has 2 N–H and O–H groups in total. The topological polar surface area (TPSA) is 177 Å². The van der Waals surface area contributed by atoms with Crippen LogP contribution in [0.15, 0.2) is 35.7 Å². The average Bonchev–Trinajstić information content (AvgIpc) is 4.11. The number of hydrogen-bond acceptors (Lipinski definition) is 11. The van der Waals surface area contributed by atoms with Crippen LogP contribution in [0.5, 0.6) is 11.5 Å². The molecule has 4 amide bonds. The Morgan fingerprint density at radius 2 is 1.87 bits per heavy atom. The van der Waals surface area contributed by atoms with Crippen LogP contribution in [0.1, 0.15) is 108 Å². The molecule has 2 aromatic heterocycles. The van der Waals surface area contributed by atoms with Gasteiger partial charge in [-0.25, -0.2) is 27.2 Å². The fourth-order valence-corrected chi connectivity index (χ4v) is 11.5. The van der Waals surface area contributed by atoms with E-state index in [1.54, 1.807) is 13.2 Å². The summed E-state index contributed by atoms with van der Waals surface area (Å²) in [6.45, 7) is 5.40. The maximum absolute atomic E-state index is 14.9. The number of fused-ring (bicyclic) bond motifs is 3. The Bertz CT molecular complexity index is 2420. The lowest BCUT2D eigenvalue weighted by Crippen LogP contribution is -2.57. The number of rotatable bonds is 10. The van der Waals surface area contributed by atoms with Gasteiger partial charge in [0.25, 0.3) is 11.8 Å². The summed E-state index contributed by atoms with van der Waals surface area (Å²) in [4.78, 5) is 69.6.